The van der Waals surface area contributed by atoms with Crippen LogP contribution in [0.2, 0.25) is 0 Å². The molecule has 150 valence electrons. The van der Waals surface area contributed by atoms with Crippen LogP contribution in [0.3, 0.4) is 0 Å². The standard InChI is InChI=1S/C20H20N4O4S/c25-18(16-10-23-17-5-2-1-4-15(16)17)24-12-20(13-24)14(6-9-29(20,26)27)11-28-19-21-7-3-8-22-19/h1-5,7-8,10,14,23H,6,9,11-13H2/t14-/m1/s1. The van der Waals surface area contributed by atoms with E-state index in [0.717, 1.165) is 10.9 Å². The molecular weight excluding hydrogens is 392 g/mol. The number of aromatic nitrogens is 3. The summed E-state index contributed by atoms with van der Waals surface area (Å²) in [5.41, 5.74) is 1.45. The van der Waals surface area contributed by atoms with Gasteiger partial charge in [-0.2, -0.15) is 0 Å². The molecule has 0 bridgehead atoms. The molecule has 8 nitrogen and oxygen atoms in total. The Bertz CT molecular complexity index is 1170. The van der Waals surface area contributed by atoms with E-state index in [9.17, 15) is 13.2 Å². The van der Waals surface area contributed by atoms with Crippen LogP contribution in [0, 0.1) is 5.92 Å². The molecule has 5 rings (SSSR count). The number of aromatic amines is 1. The minimum absolute atomic E-state index is 0.117. The van der Waals surface area contributed by atoms with Gasteiger partial charge in [-0.3, -0.25) is 4.79 Å². The first-order valence-electron chi connectivity index (χ1n) is 9.48. The highest BCUT2D eigenvalue weighted by Gasteiger charge is 2.62. The van der Waals surface area contributed by atoms with Crippen molar-refractivity contribution in [1.29, 1.82) is 0 Å². The Balaban J connectivity index is 1.34. The Morgan fingerprint density at radius 2 is 1.97 bits per heavy atom. The summed E-state index contributed by atoms with van der Waals surface area (Å²) in [6.45, 7) is 0.604. The molecule has 9 heteroatoms. The molecule has 29 heavy (non-hydrogen) atoms. The number of sulfone groups is 1. The zero-order valence-corrected chi connectivity index (χ0v) is 16.4. The van der Waals surface area contributed by atoms with Crippen LogP contribution in [0.5, 0.6) is 6.01 Å². The van der Waals surface area contributed by atoms with Gasteiger partial charge in [0.05, 0.1) is 17.9 Å². The molecule has 0 radical (unpaired) electrons. The van der Waals surface area contributed by atoms with Crippen molar-refractivity contribution in [3.8, 4) is 6.01 Å². The van der Waals surface area contributed by atoms with E-state index in [1.165, 1.54) is 0 Å². The van der Waals surface area contributed by atoms with E-state index in [4.69, 9.17) is 4.74 Å². The van der Waals surface area contributed by atoms with Crippen molar-refractivity contribution < 1.29 is 17.9 Å². The lowest BCUT2D eigenvalue weighted by Crippen LogP contribution is -2.68. The molecule has 2 saturated heterocycles. The van der Waals surface area contributed by atoms with Crippen LogP contribution in [0.15, 0.2) is 48.9 Å². The zero-order valence-electron chi connectivity index (χ0n) is 15.6. The molecule has 1 N–H and O–H groups in total. The number of ether oxygens (including phenoxy) is 1. The van der Waals surface area contributed by atoms with Crippen molar-refractivity contribution in [3.63, 3.8) is 0 Å². The molecule has 0 unspecified atom stereocenters. The summed E-state index contributed by atoms with van der Waals surface area (Å²) >= 11 is 0. The number of H-pyrrole nitrogens is 1. The minimum Gasteiger partial charge on any atom is -0.463 e. The lowest BCUT2D eigenvalue weighted by atomic mass is 9.83. The van der Waals surface area contributed by atoms with Crippen LogP contribution < -0.4 is 4.74 Å². The number of para-hydroxylation sites is 1. The monoisotopic (exact) mass is 412 g/mol. The number of carbonyl (C=O) groups is 1. The topological polar surface area (TPSA) is 105 Å². The third kappa shape index (κ3) is 2.79. The van der Waals surface area contributed by atoms with Crippen molar-refractivity contribution in [1.82, 2.24) is 19.9 Å². The zero-order chi connectivity index (χ0) is 20.1. The fraction of sp³-hybridized carbons (Fsp3) is 0.350. The molecular formula is C20H20N4O4S. The van der Waals surface area contributed by atoms with Crippen LogP contribution in [0.4, 0.5) is 0 Å². The van der Waals surface area contributed by atoms with Crippen molar-refractivity contribution in [2.45, 2.75) is 11.2 Å². The van der Waals surface area contributed by atoms with E-state index < -0.39 is 14.6 Å². The maximum Gasteiger partial charge on any atom is 0.316 e. The van der Waals surface area contributed by atoms with Crippen molar-refractivity contribution in [2.24, 2.45) is 5.92 Å². The first-order chi connectivity index (χ1) is 14.0. The Morgan fingerprint density at radius 3 is 2.76 bits per heavy atom. The Kier molecular flexibility index (Phi) is 4.09. The van der Waals surface area contributed by atoms with Crippen LogP contribution in [0.1, 0.15) is 16.8 Å². The van der Waals surface area contributed by atoms with Crippen molar-refractivity contribution in [2.75, 3.05) is 25.4 Å². The van der Waals surface area contributed by atoms with E-state index in [2.05, 4.69) is 15.0 Å². The largest absolute Gasteiger partial charge is 0.463 e. The summed E-state index contributed by atoms with van der Waals surface area (Å²) in [4.78, 5) is 25.8. The maximum absolute atomic E-state index is 13.0. The van der Waals surface area contributed by atoms with E-state index in [-0.39, 0.29) is 43.3 Å². The molecule has 2 aromatic heterocycles. The highest BCUT2D eigenvalue weighted by Crippen LogP contribution is 2.45. The molecule has 2 aliphatic heterocycles. The number of rotatable bonds is 4. The number of likely N-dealkylation sites (tertiary alicyclic amines) is 1. The summed E-state index contributed by atoms with van der Waals surface area (Å²) in [7, 11) is -3.30. The van der Waals surface area contributed by atoms with Crippen LogP contribution in [-0.4, -0.2) is 64.4 Å². The predicted molar refractivity (Wildman–Crippen MR) is 106 cm³/mol. The Hall–Kier alpha value is -2.94. The summed E-state index contributed by atoms with van der Waals surface area (Å²) in [5, 5.41) is 0.842. The van der Waals surface area contributed by atoms with Gasteiger partial charge in [-0.25, -0.2) is 18.4 Å². The highest BCUT2D eigenvalue weighted by atomic mass is 32.2. The van der Waals surface area contributed by atoms with Gasteiger partial charge in [-0.05, 0) is 18.6 Å². The second kappa shape index (κ2) is 6.55. The Morgan fingerprint density at radius 1 is 1.21 bits per heavy atom. The van der Waals surface area contributed by atoms with Gasteiger partial charge in [-0.1, -0.05) is 18.2 Å². The van der Waals surface area contributed by atoms with Gasteiger partial charge in [-0.15, -0.1) is 0 Å². The van der Waals surface area contributed by atoms with E-state index >= 15 is 0 Å². The molecule has 0 aliphatic carbocycles. The molecule has 2 fully saturated rings. The third-order valence-electron chi connectivity index (χ3n) is 6.08. The fourth-order valence-corrected chi connectivity index (χ4v) is 6.81. The summed E-state index contributed by atoms with van der Waals surface area (Å²) in [6.07, 6.45) is 5.36. The summed E-state index contributed by atoms with van der Waals surface area (Å²) in [5.74, 6) is -0.226. The Labute approximate surface area is 167 Å². The van der Waals surface area contributed by atoms with Crippen molar-refractivity contribution >= 4 is 26.6 Å². The molecule has 0 saturated carbocycles. The van der Waals surface area contributed by atoms with Gasteiger partial charge >= 0.3 is 6.01 Å². The lowest BCUT2D eigenvalue weighted by Gasteiger charge is -2.49. The number of carbonyl (C=O) groups excluding carboxylic acids is 1. The molecule has 3 aromatic rings. The number of hydrogen-bond donors (Lipinski definition) is 1. The van der Waals surface area contributed by atoms with Crippen LogP contribution >= 0.6 is 0 Å². The smallest absolute Gasteiger partial charge is 0.316 e. The predicted octanol–water partition coefficient (Wildman–Crippen LogP) is 1.67. The first kappa shape index (κ1) is 18.1. The van der Waals surface area contributed by atoms with Gasteiger partial charge in [0, 0.05) is 48.5 Å². The van der Waals surface area contributed by atoms with Gasteiger partial charge in [0.15, 0.2) is 9.84 Å². The third-order valence-corrected chi connectivity index (χ3v) is 8.68. The summed E-state index contributed by atoms with van der Waals surface area (Å²) in [6, 6.07) is 9.50. The quantitative estimate of drug-likeness (QED) is 0.699. The minimum atomic E-state index is -3.30. The molecule has 1 amide bonds. The average molecular weight is 412 g/mol. The molecule has 4 heterocycles. The van der Waals surface area contributed by atoms with E-state index in [0.29, 0.717) is 12.0 Å². The van der Waals surface area contributed by atoms with Crippen LogP contribution in [-0.2, 0) is 9.84 Å². The van der Waals surface area contributed by atoms with Gasteiger partial charge in [0.1, 0.15) is 4.75 Å². The number of benzene rings is 1. The van der Waals surface area contributed by atoms with Gasteiger partial charge < -0.3 is 14.6 Å². The maximum atomic E-state index is 13.0. The number of nitrogens with zero attached hydrogens (tertiary/aromatic N) is 3. The molecule has 2 aliphatic rings. The second-order valence-corrected chi connectivity index (χ2v) is 10.1. The number of fused-ring (bicyclic) bond motifs is 1. The SMILES string of the molecule is O=C(c1c[nH]c2ccccc12)N1CC2(C1)[C@@H](COc1ncccn1)CCS2(=O)=O. The number of amides is 1. The van der Waals surface area contributed by atoms with Crippen molar-refractivity contribution in [3.05, 3.63) is 54.5 Å². The van der Waals surface area contributed by atoms with E-state index in [1.54, 1.807) is 29.6 Å². The van der Waals surface area contributed by atoms with Gasteiger partial charge in [0.2, 0.25) is 0 Å². The molecule has 1 atom stereocenters. The summed E-state index contributed by atoms with van der Waals surface area (Å²) < 4.78 is 30.4. The highest BCUT2D eigenvalue weighted by molar-refractivity contribution is 7.93. The molecule has 1 aromatic carbocycles. The van der Waals surface area contributed by atoms with E-state index in [1.807, 2.05) is 24.3 Å². The average Bonchev–Trinajstić information content (AvgIpc) is 3.24. The van der Waals surface area contributed by atoms with Crippen LogP contribution in [0.25, 0.3) is 10.9 Å². The number of hydrogen-bond acceptors (Lipinski definition) is 6. The normalized spacial score (nSPS) is 21.9. The lowest BCUT2D eigenvalue weighted by molar-refractivity contribution is 0.0405. The fourth-order valence-electron chi connectivity index (χ4n) is 4.41. The molecule has 1 spiro atoms. The first-order valence-corrected chi connectivity index (χ1v) is 11.1. The van der Waals surface area contributed by atoms with Gasteiger partial charge in [0.25, 0.3) is 5.91 Å². The second-order valence-electron chi connectivity index (χ2n) is 7.62. The number of nitrogens with one attached hydrogen (secondary N) is 1.